The zero-order chi connectivity index (χ0) is 30.6. The van der Waals surface area contributed by atoms with Crippen molar-refractivity contribution in [3.63, 3.8) is 0 Å². The summed E-state index contributed by atoms with van der Waals surface area (Å²) in [5.41, 5.74) is 0. The van der Waals surface area contributed by atoms with Gasteiger partial charge in [-0.2, -0.15) is 92.2 Å². The highest BCUT2D eigenvalue weighted by Crippen LogP contribution is 2.66. The maximum Gasteiger partial charge on any atom is 0.460 e. The fourth-order valence-electron chi connectivity index (χ4n) is 1.55. The second-order valence-corrected chi connectivity index (χ2v) is 7.10. The number of rotatable bonds is 8. The first-order valence-corrected chi connectivity index (χ1v) is 8.09. The van der Waals surface area contributed by atoms with Gasteiger partial charge in [0.05, 0.1) is 0 Å². The predicted octanol–water partition coefficient (Wildman–Crippen LogP) is 7.75. The standard InChI is InChI=1S/C10HF21S.C3H6O/c11-1(12,3(15,16)5(19,20)7(23,24)9(27,28)29)2(13,14)4(17,18)6(21,22)8(25,26)10(30,31)32;1-3(2)4/h32H;1-2H3. The number of hydrogen-bond acceptors (Lipinski definition) is 2. The number of thiol groups is 1. The molecule has 23 heteroatoms. The maximum absolute atomic E-state index is 13.2. The molecule has 0 fully saturated rings. The van der Waals surface area contributed by atoms with Gasteiger partial charge >= 0.3 is 58.8 Å². The van der Waals surface area contributed by atoms with Crippen LogP contribution in [-0.4, -0.2) is 64.6 Å². The average molecular weight is 610 g/mol. The zero-order valence-electron chi connectivity index (χ0n) is 16.3. The van der Waals surface area contributed by atoms with Crippen LogP contribution in [0.4, 0.5) is 92.2 Å². The quantitative estimate of drug-likeness (QED) is 0.220. The third-order valence-electron chi connectivity index (χ3n) is 3.49. The van der Waals surface area contributed by atoms with E-state index in [2.05, 4.69) is 0 Å². The van der Waals surface area contributed by atoms with Crippen LogP contribution in [0.1, 0.15) is 13.8 Å². The van der Waals surface area contributed by atoms with Crippen LogP contribution in [0.5, 0.6) is 0 Å². The van der Waals surface area contributed by atoms with Gasteiger partial charge in [0.2, 0.25) is 0 Å². The van der Waals surface area contributed by atoms with Crippen molar-refractivity contribution in [1.82, 2.24) is 0 Å². The zero-order valence-corrected chi connectivity index (χ0v) is 17.2. The molecule has 218 valence electrons. The Kier molecular flexibility index (Phi) is 9.57. The van der Waals surface area contributed by atoms with Crippen LogP contribution in [0.3, 0.4) is 0 Å². The minimum absolute atomic E-state index is 0.167. The lowest BCUT2D eigenvalue weighted by atomic mass is 9.87. The summed E-state index contributed by atoms with van der Waals surface area (Å²) in [5.74, 6) is -69.9. The third-order valence-corrected chi connectivity index (χ3v) is 3.77. The summed E-state index contributed by atoms with van der Waals surface area (Å²) in [6.07, 6.45) is -7.99. The van der Waals surface area contributed by atoms with Crippen LogP contribution in [0.25, 0.3) is 0 Å². The van der Waals surface area contributed by atoms with E-state index in [9.17, 15) is 97.0 Å². The fraction of sp³-hybridized carbons (Fsp3) is 0.923. The second kappa shape index (κ2) is 9.38. The fourth-order valence-corrected chi connectivity index (χ4v) is 1.69. The smallest absolute Gasteiger partial charge is 0.300 e. The molecule has 0 aromatic rings. The first kappa shape index (κ1) is 36.7. The van der Waals surface area contributed by atoms with Crippen LogP contribution in [0, 0.1) is 0 Å². The van der Waals surface area contributed by atoms with Crippen LogP contribution < -0.4 is 0 Å². The van der Waals surface area contributed by atoms with E-state index in [1.165, 1.54) is 26.5 Å². The molecule has 0 aliphatic heterocycles. The van der Waals surface area contributed by atoms with Crippen LogP contribution >= 0.6 is 12.6 Å². The lowest BCUT2D eigenvalue weighted by Crippen LogP contribution is -2.76. The molecule has 36 heavy (non-hydrogen) atoms. The molecule has 0 bridgehead atoms. The minimum atomic E-state index is -9.15. The van der Waals surface area contributed by atoms with Crippen molar-refractivity contribution >= 4 is 18.4 Å². The summed E-state index contributed by atoms with van der Waals surface area (Å²) in [7, 11) is 0. The van der Waals surface area contributed by atoms with E-state index in [-0.39, 0.29) is 5.78 Å². The Morgan fingerprint density at radius 2 is 0.528 bits per heavy atom. The number of Topliss-reactive ketones (excluding diaryl/α,β-unsaturated/α-hetero) is 1. The predicted molar refractivity (Wildman–Crippen MR) is 75.9 cm³/mol. The molecule has 0 atom stereocenters. The van der Waals surface area contributed by atoms with Gasteiger partial charge < -0.3 is 4.79 Å². The second-order valence-electron chi connectivity index (χ2n) is 6.54. The first-order valence-electron chi connectivity index (χ1n) is 7.65. The average Bonchev–Trinajstić information content (AvgIpc) is 2.57. The van der Waals surface area contributed by atoms with E-state index in [0.717, 1.165) is 0 Å². The van der Waals surface area contributed by atoms with Crippen molar-refractivity contribution in [3.05, 3.63) is 0 Å². The van der Waals surface area contributed by atoms with Crippen LogP contribution in [-0.2, 0) is 4.79 Å². The SMILES string of the molecule is CC(C)=O.FC(F)(F)C(F)(F)C(F)(F)C(F)(F)C(F)(F)C(F)(F)C(F)(F)C(F)(F)C(F)(F)C(F)(F)S. The van der Waals surface area contributed by atoms with Crippen molar-refractivity contribution in [2.75, 3.05) is 0 Å². The number of ketones is 1. The molecular weight excluding hydrogens is 603 g/mol. The number of carbonyl (C=O) groups excluding carboxylic acids is 1. The number of halogens is 21. The molecule has 0 aliphatic rings. The summed E-state index contributed by atoms with van der Waals surface area (Å²) in [6, 6.07) is 0. The number of hydrogen-bond donors (Lipinski definition) is 1. The lowest BCUT2D eigenvalue weighted by Gasteiger charge is -2.44. The van der Waals surface area contributed by atoms with Crippen molar-refractivity contribution in [1.29, 1.82) is 0 Å². The van der Waals surface area contributed by atoms with Gasteiger partial charge in [-0.1, -0.05) is 12.6 Å². The summed E-state index contributed by atoms with van der Waals surface area (Å²) in [6.45, 7) is 3.06. The molecule has 0 saturated carbocycles. The Balaban J connectivity index is 0. The van der Waals surface area contributed by atoms with Gasteiger partial charge in [-0.3, -0.25) is 0 Å². The largest absolute Gasteiger partial charge is 0.460 e. The van der Waals surface area contributed by atoms with Gasteiger partial charge in [0.15, 0.2) is 0 Å². The van der Waals surface area contributed by atoms with Gasteiger partial charge in [-0.25, -0.2) is 0 Å². The van der Waals surface area contributed by atoms with Crippen molar-refractivity contribution in [2.45, 2.75) is 72.7 Å². The topological polar surface area (TPSA) is 17.1 Å². The number of alkyl halides is 21. The Labute approximate surface area is 189 Å². The van der Waals surface area contributed by atoms with E-state index in [1.54, 1.807) is 0 Å². The molecule has 0 spiro atoms. The molecule has 0 rings (SSSR count). The van der Waals surface area contributed by atoms with Gasteiger partial charge in [0.1, 0.15) is 5.78 Å². The first-order chi connectivity index (χ1) is 15.0. The molecule has 0 saturated heterocycles. The van der Waals surface area contributed by atoms with E-state index in [4.69, 9.17) is 0 Å². The Morgan fingerprint density at radius 1 is 0.389 bits per heavy atom. The molecule has 0 heterocycles. The molecule has 0 aromatic carbocycles. The molecule has 0 amide bonds. The third kappa shape index (κ3) is 5.12. The van der Waals surface area contributed by atoms with Crippen molar-refractivity contribution < 1.29 is 97.0 Å². The maximum atomic E-state index is 13.2. The summed E-state index contributed by atoms with van der Waals surface area (Å²) >= 11 is 1.28. The van der Waals surface area contributed by atoms with E-state index < -0.39 is 58.8 Å². The summed E-state index contributed by atoms with van der Waals surface area (Å²) in [5, 5.41) is -6.83. The van der Waals surface area contributed by atoms with Gasteiger partial charge in [0.25, 0.3) is 0 Å². The van der Waals surface area contributed by atoms with Crippen molar-refractivity contribution in [2.24, 2.45) is 0 Å². The highest BCUT2D eigenvalue weighted by Gasteiger charge is 2.97. The summed E-state index contributed by atoms with van der Waals surface area (Å²) < 4.78 is 267. The molecule has 0 radical (unpaired) electrons. The summed E-state index contributed by atoms with van der Waals surface area (Å²) in [4.78, 5) is 9.44. The van der Waals surface area contributed by atoms with E-state index in [0.29, 0.717) is 0 Å². The van der Waals surface area contributed by atoms with Crippen LogP contribution in [0.15, 0.2) is 0 Å². The van der Waals surface area contributed by atoms with E-state index in [1.807, 2.05) is 0 Å². The number of carbonyl (C=O) groups is 1. The molecule has 0 N–H and O–H groups in total. The molecule has 1 nitrogen and oxygen atoms in total. The molecule has 0 aromatic heterocycles. The lowest BCUT2D eigenvalue weighted by molar-refractivity contribution is -0.471. The molecule has 0 aliphatic carbocycles. The Bertz CT molecular complexity index is 725. The molecular formula is C13H7F21OS. The molecule has 0 unspecified atom stereocenters. The highest BCUT2D eigenvalue weighted by molar-refractivity contribution is 7.81. The minimum Gasteiger partial charge on any atom is -0.300 e. The van der Waals surface area contributed by atoms with Gasteiger partial charge in [-0.05, 0) is 13.8 Å². The van der Waals surface area contributed by atoms with Gasteiger partial charge in [0, 0.05) is 0 Å². The Hall–Kier alpha value is -1.45. The van der Waals surface area contributed by atoms with E-state index >= 15 is 0 Å². The Morgan fingerprint density at radius 3 is 0.667 bits per heavy atom. The highest BCUT2D eigenvalue weighted by atomic mass is 32.1. The monoisotopic (exact) mass is 610 g/mol. The van der Waals surface area contributed by atoms with Crippen LogP contribution in [0.2, 0.25) is 0 Å². The van der Waals surface area contributed by atoms with Crippen molar-refractivity contribution in [3.8, 4) is 0 Å². The van der Waals surface area contributed by atoms with Gasteiger partial charge in [-0.15, -0.1) is 0 Å². The normalized spacial score (nSPS) is 15.9.